The Bertz CT molecular complexity index is 839. The molecule has 0 aromatic heterocycles. The van der Waals surface area contributed by atoms with Crippen molar-refractivity contribution >= 4 is 17.7 Å². The topological polar surface area (TPSA) is 59.0 Å². The van der Waals surface area contributed by atoms with Crippen LogP contribution in [0.5, 0.6) is 0 Å². The normalized spacial score (nSPS) is 17.9. The second-order valence-corrected chi connectivity index (χ2v) is 7.61. The standard InChI is InChI=1S/C22H24N2O3/c1-22(2,3)27-21(26)24-20(25)15-18(16-10-6-4-7-11-16)14-19(23-24)17-12-8-5-9-13-17/h4-13,18H,14-15H2,1-3H3/t18-/m1/s1. The molecule has 1 aliphatic rings. The molecule has 2 amide bonds. The highest BCUT2D eigenvalue weighted by molar-refractivity contribution is 6.04. The summed E-state index contributed by atoms with van der Waals surface area (Å²) in [5.41, 5.74) is 1.94. The first-order valence-corrected chi connectivity index (χ1v) is 9.07. The van der Waals surface area contributed by atoms with E-state index in [-0.39, 0.29) is 18.2 Å². The summed E-state index contributed by atoms with van der Waals surface area (Å²) in [4.78, 5) is 25.4. The minimum Gasteiger partial charge on any atom is -0.442 e. The highest BCUT2D eigenvalue weighted by Crippen LogP contribution is 2.30. The van der Waals surface area contributed by atoms with Gasteiger partial charge in [-0.15, -0.1) is 5.01 Å². The summed E-state index contributed by atoms with van der Waals surface area (Å²) in [6.07, 6.45) is 0.0250. The van der Waals surface area contributed by atoms with Gasteiger partial charge in [0.15, 0.2) is 0 Å². The summed E-state index contributed by atoms with van der Waals surface area (Å²) in [6, 6.07) is 19.5. The molecule has 5 heteroatoms. The fourth-order valence-electron chi connectivity index (χ4n) is 3.03. The molecule has 0 N–H and O–H groups in total. The molecular formula is C22H24N2O3. The maximum atomic E-state index is 12.8. The van der Waals surface area contributed by atoms with E-state index in [0.717, 1.165) is 16.1 Å². The zero-order valence-corrected chi connectivity index (χ0v) is 15.9. The van der Waals surface area contributed by atoms with Crippen molar-refractivity contribution in [3.05, 3.63) is 71.8 Å². The maximum Gasteiger partial charge on any atom is 0.438 e. The van der Waals surface area contributed by atoms with Crippen LogP contribution in [0.4, 0.5) is 4.79 Å². The maximum absolute atomic E-state index is 12.8. The van der Waals surface area contributed by atoms with Crippen LogP contribution in [0.1, 0.15) is 50.7 Å². The Hall–Kier alpha value is -2.95. The minimum atomic E-state index is -0.741. The van der Waals surface area contributed by atoms with Crippen molar-refractivity contribution in [2.24, 2.45) is 5.10 Å². The molecule has 1 atom stereocenters. The van der Waals surface area contributed by atoms with Crippen LogP contribution < -0.4 is 0 Å². The van der Waals surface area contributed by atoms with E-state index in [1.807, 2.05) is 60.7 Å². The van der Waals surface area contributed by atoms with Gasteiger partial charge in [0.25, 0.3) is 5.91 Å². The summed E-state index contributed by atoms with van der Waals surface area (Å²) in [6.45, 7) is 5.30. The van der Waals surface area contributed by atoms with E-state index in [9.17, 15) is 9.59 Å². The molecule has 0 spiro atoms. The molecule has 0 aliphatic carbocycles. The lowest BCUT2D eigenvalue weighted by molar-refractivity contribution is -0.130. The van der Waals surface area contributed by atoms with E-state index in [1.165, 1.54) is 0 Å². The van der Waals surface area contributed by atoms with Gasteiger partial charge in [-0.25, -0.2) is 4.79 Å². The van der Waals surface area contributed by atoms with Crippen molar-refractivity contribution in [1.82, 2.24) is 5.01 Å². The van der Waals surface area contributed by atoms with Gasteiger partial charge in [-0.1, -0.05) is 60.7 Å². The smallest absolute Gasteiger partial charge is 0.438 e. The van der Waals surface area contributed by atoms with E-state index in [2.05, 4.69) is 5.10 Å². The molecule has 0 unspecified atom stereocenters. The van der Waals surface area contributed by atoms with Crippen molar-refractivity contribution < 1.29 is 14.3 Å². The average molecular weight is 364 g/mol. The fraction of sp³-hybridized carbons (Fsp3) is 0.318. The van der Waals surface area contributed by atoms with Crippen LogP contribution in [0.3, 0.4) is 0 Å². The lowest BCUT2D eigenvalue weighted by atomic mass is 9.89. The first-order chi connectivity index (χ1) is 12.8. The van der Waals surface area contributed by atoms with E-state index < -0.39 is 11.7 Å². The van der Waals surface area contributed by atoms with Crippen LogP contribution in [0.2, 0.25) is 0 Å². The van der Waals surface area contributed by atoms with E-state index in [4.69, 9.17) is 4.74 Å². The predicted octanol–water partition coefficient (Wildman–Crippen LogP) is 4.73. The van der Waals surface area contributed by atoms with Crippen LogP contribution in [0.15, 0.2) is 65.8 Å². The molecule has 1 aliphatic heterocycles. The Balaban J connectivity index is 1.98. The van der Waals surface area contributed by atoms with Gasteiger partial charge in [-0.2, -0.15) is 5.10 Å². The Morgan fingerprint density at radius 3 is 2.19 bits per heavy atom. The average Bonchev–Trinajstić information content (AvgIpc) is 2.81. The molecule has 0 saturated carbocycles. The van der Waals surface area contributed by atoms with Gasteiger partial charge >= 0.3 is 6.09 Å². The van der Waals surface area contributed by atoms with Crippen molar-refractivity contribution in [2.75, 3.05) is 0 Å². The summed E-state index contributed by atoms with van der Waals surface area (Å²) in [5.74, 6) is -0.408. The number of benzene rings is 2. The molecule has 0 saturated heterocycles. The Morgan fingerprint density at radius 1 is 1.00 bits per heavy atom. The number of carbonyl (C=O) groups is 2. The van der Waals surface area contributed by atoms with E-state index in [0.29, 0.717) is 12.1 Å². The van der Waals surface area contributed by atoms with Crippen LogP contribution in [-0.4, -0.2) is 28.3 Å². The molecule has 3 rings (SSSR count). The molecule has 27 heavy (non-hydrogen) atoms. The first-order valence-electron chi connectivity index (χ1n) is 9.07. The van der Waals surface area contributed by atoms with E-state index >= 15 is 0 Å². The van der Waals surface area contributed by atoms with Gasteiger partial charge in [-0.05, 0) is 44.2 Å². The second-order valence-electron chi connectivity index (χ2n) is 7.61. The second kappa shape index (κ2) is 7.74. The predicted molar refractivity (Wildman–Crippen MR) is 104 cm³/mol. The number of hydrazone groups is 1. The first kappa shape index (κ1) is 18.8. The van der Waals surface area contributed by atoms with Gasteiger partial charge in [-0.3, -0.25) is 4.79 Å². The van der Waals surface area contributed by atoms with Crippen LogP contribution in [-0.2, 0) is 9.53 Å². The molecule has 5 nitrogen and oxygen atoms in total. The van der Waals surface area contributed by atoms with Crippen LogP contribution in [0, 0.1) is 0 Å². The molecule has 0 bridgehead atoms. The third-order valence-electron chi connectivity index (χ3n) is 4.26. The Morgan fingerprint density at radius 2 is 1.59 bits per heavy atom. The molecule has 1 heterocycles. The van der Waals surface area contributed by atoms with Crippen molar-refractivity contribution in [2.45, 2.75) is 45.1 Å². The molecule has 0 fully saturated rings. The summed E-state index contributed by atoms with van der Waals surface area (Å²) in [5, 5.41) is 5.30. The van der Waals surface area contributed by atoms with Crippen molar-refractivity contribution in [3.8, 4) is 0 Å². The zero-order valence-electron chi connectivity index (χ0n) is 15.9. The van der Waals surface area contributed by atoms with Gasteiger partial charge in [0.1, 0.15) is 5.60 Å². The molecule has 2 aromatic carbocycles. The zero-order chi connectivity index (χ0) is 19.4. The summed E-state index contributed by atoms with van der Waals surface area (Å²) in [7, 11) is 0. The lowest BCUT2D eigenvalue weighted by Crippen LogP contribution is -2.37. The Labute approximate surface area is 159 Å². The minimum absolute atomic E-state index is 0.0508. The number of rotatable bonds is 2. The Kier molecular flexibility index (Phi) is 5.40. The monoisotopic (exact) mass is 364 g/mol. The highest BCUT2D eigenvalue weighted by Gasteiger charge is 2.33. The van der Waals surface area contributed by atoms with Gasteiger partial charge in [0.2, 0.25) is 0 Å². The SMILES string of the molecule is CC(C)(C)OC(=O)N1N=C(c2ccccc2)C[C@@H](c2ccccc2)CC1=O. The summed E-state index contributed by atoms with van der Waals surface area (Å²) >= 11 is 0. The van der Waals surface area contributed by atoms with Gasteiger partial charge in [0, 0.05) is 6.42 Å². The third kappa shape index (κ3) is 4.82. The van der Waals surface area contributed by atoms with Crippen molar-refractivity contribution in [3.63, 3.8) is 0 Å². The molecule has 140 valence electrons. The molecule has 0 radical (unpaired) electrons. The highest BCUT2D eigenvalue weighted by atomic mass is 16.6. The number of carbonyl (C=O) groups excluding carboxylic acids is 2. The van der Waals surface area contributed by atoms with E-state index in [1.54, 1.807) is 20.8 Å². The van der Waals surface area contributed by atoms with Crippen molar-refractivity contribution in [1.29, 1.82) is 0 Å². The largest absolute Gasteiger partial charge is 0.442 e. The summed E-state index contributed by atoms with van der Waals surface area (Å²) < 4.78 is 5.39. The van der Waals surface area contributed by atoms with Gasteiger partial charge < -0.3 is 4.74 Å². The lowest BCUT2D eigenvalue weighted by Gasteiger charge is -2.23. The van der Waals surface area contributed by atoms with Crippen LogP contribution >= 0.6 is 0 Å². The number of hydrogen-bond acceptors (Lipinski definition) is 4. The van der Waals surface area contributed by atoms with Gasteiger partial charge in [0.05, 0.1) is 5.71 Å². The number of amides is 2. The fourth-order valence-corrected chi connectivity index (χ4v) is 3.03. The third-order valence-corrected chi connectivity index (χ3v) is 4.26. The number of ether oxygens (including phenoxy) is 1. The molecule has 2 aromatic rings. The number of imide groups is 1. The quantitative estimate of drug-likeness (QED) is 0.774. The number of hydrogen-bond donors (Lipinski definition) is 0. The number of nitrogens with zero attached hydrogens (tertiary/aromatic N) is 2. The molecular weight excluding hydrogens is 340 g/mol. The van der Waals surface area contributed by atoms with Crippen LogP contribution in [0.25, 0.3) is 0 Å².